The molecule has 49 heteroatoms. The molecule has 17 amide bonds. The van der Waals surface area contributed by atoms with Gasteiger partial charge in [-0.3, -0.25) is 97.1 Å². The Hall–Kier alpha value is -13.3. The lowest BCUT2D eigenvalue weighted by atomic mass is 9.97. The molecule has 0 unspecified atom stereocenters. The van der Waals surface area contributed by atoms with E-state index in [9.17, 15) is 77.3 Å². The smallest absolute Gasteiger partial charge is 0.325 e. The van der Waals surface area contributed by atoms with Gasteiger partial charge in [0, 0.05) is 43.0 Å². The molecule has 2 aromatic carbocycles. The normalized spacial score (nSPS) is 15.0. The number of hydrogen-bond acceptors (Lipinski definition) is 26. The summed E-state index contributed by atoms with van der Waals surface area (Å²) in [7, 11) is 0. The molecule has 0 aliphatic rings. The number of carbonyl (C=O) groups excluding carboxylic acids is 17. The highest BCUT2D eigenvalue weighted by molar-refractivity contribution is 6.02. The lowest BCUT2D eigenvalue weighted by Gasteiger charge is -2.29. The first kappa shape index (κ1) is 125. The molecule has 0 aliphatic heterocycles. The number of nitrogens with one attached hydrogen (secondary N) is 21. The number of benzene rings is 2. The molecule has 0 spiro atoms. The Morgan fingerprint density at radius 3 is 1.12 bits per heavy atom. The largest absolute Gasteiger partial charge is 0.480 e. The third-order valence-corrected chi connectivity index (χ3v) is 23.7. The topological polar surface area (TPSA) is 836 Å². The van der Waals surface area contributed by atoms with E-state index in [2.05, 4.69) is 101 Å². The third-order valence-electron chi connectivity index (χ3n) is 23.7. The number of carboxylic acids is 1. The van der Waals surface area contributed by atoms with Gasteiger partial charge in [-0.05, 0) is 203 Å². The second kappa shape index (κ2) is 66.6. The first-order chi connectivity index (χ1) is 68.1. The molecule has 0 radical (unpaired) electrons. The Kier molecular flexibility index (Phi) is 57.7. The maximum Gasteiger partial charge on any atom is 0.325 e. The standard InChI is InChI=1S/C95H161N29O20/c1-12-54(8)77(92(142)111-56(10)93(143)144)124-85(135)65(35-21-25-41-99)116-86(136)68(44-51(2)3)118-78(128)55(9)110-74(127)50-109-79(129)72(48-73(100)126)121-87(137)69(45-52(4)5)122-91(141)76(53(6)7)123-84(134)64(34-20-24-40-98)113-80(130)62(32-18-22-38-96)115-89(139)71(47-59-49-108-61-31-17-16-30-60(59)61)120-88(138)70(46-58-28-14-13-15-29-58)119-83(133)63(33-19-23-39-97)112-81(131)66(36-26-42-106-94(102)103)114-82(132)67(37-27-43-107-95(104)105)117-90(140)75(101)57(11)125/h13-17,28-31,49,51-57,62-72,75-77,108,125H,12,18-27,32-48,50,96-99,101H2,1-11H3,(H2,100,126)(H,109,129)(H,110,127)(H,111,142)(H,112,131)(H,113,130)(H,114,132)(H,115,139)(H,116,136)(H,117,140)(H,118,128)(H,119,133)(H,120,138)(H,121,137)(H,122,141)(H,123,134)(H,124,135)(H,143,144)(H4,102,103,106)(H4,104,105,107)/t54-,55-,56-,57+,62-,63-,64-,65-,66-,67-,68-,69-,70-,71-,72-,75-,76-,77-/m0/s1. The van der Waals surface area contributed by atoms with Crippen molar-refractivity contribution in [2.24, 2.45) is 69.5 Å². The first-order valence-corrected chi connectivity index (χ1v) is 49.4. The molecule has 3 aromatic rings. The van der Waals surface area contributed by atoms with Crippen LogP contribution in [0, 0.1) is 34.5 Å². The van der Waals surface area contributed by atoms with Crippen LogP contribution >= 0.6 is 0 Å². The van der Waals surface area contributed by atoms with E-state index in [1.54, 1.807) is 116 Å². The van der Waals surface area contributed by atoms with E-state index in [0.717, 1.165) is 0 Å². The summed E-state index contributed by atoms with van der Waals surface area (Å²) in [6.45, 7) is 17.4. The van der Waals surface area contributed by atoms with E-state index in [1.807, 2.05) is 0 Å². The Bertz CT molecular complexity index is 4680. The molecule has 0 aliphatic carbocycles. The molecule has 49 nitrogen and oxygen atoms in total. The van der Waals surface area contributed by atoms with Crippen molar-refractivity contribution in [3.8, 4) is 0 Å². The molecule has 0 fully saturated rings. The highest BCUT2D eigenvalue weighted by atomic mass is 16.4. The van der Waals surface area contributed by atoms with E-state index >= 15 is 19.2 Å². The van der Waals surface area contributed by atoms with Crippen LogP contribution < -0.4 is 142 Å². The van der Waals surface area contributed by atoms with E-state index in [4.69, 9.17) is 56.7 Å². The number of aromatic nitrogens is 1. The minimum absolute atomic E-state index is 0.0325. The molecule has 144 heavy (non-hydrogen) atoms. The fourth-order valence-electron chi connectivity index (χ4n) is 15.2. The van der Waals surface area contributed by atoms with Gasteiger partial charge < -0.3 is 157 Å². The Morgan fingerprint density at radius 2 is 0.722 bits per heavy atom. The van der Waals surface area contributed by atoms with E-state index in [1.165, 1.54) is 20.8 Å². The van der Waals surface area contributed by atoms with Crippen molar-refractivity contribution >= 4 is 129 Å². The zero-order valence-electron chi connectivity index (χ0n) is 84.8. The van der Waals surface area contributed by atoms with Crippen LogP contribution in [0.3, 0.4) is 0 Å². The van der Waals surface area contributed by atoms with Gasteiger partial charge in [0.1, 0.15) is 96.7 Å². The Morgan fingerprint density at radius 1 is 0.368 bits per heavy atom. The van der Waals surface area contributed by atoms with Gasteiger partial charge in [-0.15, -0.1) is 0 Å². The average molecular weight is 2030 g/mol. The summed E-state index contributed by atoms with van der Waals surface area (Å²) < 4.78 is 0. The fourth-order valence-corrected chi connectivity index (χ4v) is 15.2. The van der Waals surface area contributed by atoms with Crippen LogP contribution in [0.1, 0.15) is 216 Å². The minimum Gasteiger partial charge on any atom is -0.480 e. The molecule has 806 valence electrons. The van der Waals surface area contributed by atoms with Gasteiger partial charge in [-0.2, -0.15) is 0 Å². The van der Waals surface area contributed by atoms with Crippen LogP contribution in [-0.4, -0.2) is 282 Å². The number of aliphatic hydroxyl groups is 1. The Labute approximate surface area is 840 Å². The number of guanidine groups is 2. The second-order valence-corrected chi connectivity index (χ2v) is 37.4. The number of primary amides is 1. The number of aromatic amines is 1. The molecule has 18 atom stereocenters. The number of H-pyrrole nitrogens is 1. The van der Waals surface area contributed by atoms with Crippen molar-refractivity contribution in [1.29, 1.82) is 10.8 Å². The lowest BCUT2D eigenvalue weighted by molar-refractivity contribution is -0.142. The predicted octanol–water partition coefficient (Wildman–Crippen LogP) is -5.11. The summed E-state index contributed by atoms with van der Waals surface area (Å²) >= 11 is 0. The number of rotatable bonds is 71. The van der Waals surface area contributed by atoms with Gasteiger partial charge in [0.15, 0.2) is 11.9 Å². The molecule has 0 bridgehead atoms. The van der Waals surface area contributed by atoms with Gasteiger partial charge >= 0.3 is 5.97 Å². The molecular weight excluding hydrogens is 1870 g/mol. The van der Waals surface area contributed by atoms with E-state index in [-0.39, 0.29) is 159 Å². The van der Waals surface area contributed by atoms with Gasteiger partial charge in [-0.1, -0.05) is 110 Å². The molecule has 0 saturated carbocycles. The number of carbonyl (C=O) groups is 18. The molecular formula is C95H161N29O20. The maximum absolute atomic E-state index is 15.5. The number of carboxylic acid groups (broad SMARTS) is 1. The van der Waals surface area contributed by atoms with Crippen molar-refractivity contribution in [1.82, 2.24) is 101 Å². The van der Waals surface area contributed by atoms with E-state index in [0.29, 0.717) is 60.6 Å². The number of unbranched alkanes of at least 4 members (excludes halogenated alkanes) is 4. The van der Waals surface area contributed by atoms with Crippen LogP contribution in [0.25, 0.3) is 10.9 Å². The van der Waals surface area contributed by atoms with Crippen molar-refractivity contribution in [2.45, 2.75) is 320 Å². The SMILES string of the molecule is CC[C@H](C)[C@H](NC(=O)[C@H](CCCCN)NC(=O)[C@H](CC(C)C)NC(=O)[C@H](C)NC(=O)CNC(=O)[C@H](CC(N)=O)NC(=O)[C@H](CC(C)C)NC(=O)[C@@H](NC(=O)[C@H](CCCCN)NC(=O)[C@H](CCCCN)NC(=O)[C@H](Cc1c[nH]c2ccccc12)NC(=O)[C@H](Cc1ccccc1)NC(=O)[C@H](CCCCN)NC(=O)[C@H](CCCNC(=N)N)NC(=O)[C@H](CCCNC(=N)N)NC(=O)[C@@H](N)[C@@H](C)O)C(C)C)C(=O)N[C@@H](C)C(=O)O. The number of fused-ring (bicyclic) bond motifs is 1. The summed E-state index contributed by atoms with van der Waals surface area (Å²) in [6, 6.07) is -7.34. The number of aliphatic hydroxyl groups excluding tert-OH is 1. The zero-order chi connectivity index (χ0) is 108. The number of hydrogen-bond donors (Lipinski definition) is 31. The van der Waals surface area contributed by atoms with Crippen LogP contribution in [0.4, 0.5) is 0 Å². The van der Waals surface area contributed by atoms with Gasteiger partial charge in [0.2, 0.25) is 100 Å². The molecule has 39 N–H and O–H groups in total. The fraction of sp³-hybridized carbons (Fsp3) is 0.642. The predicted molar refractivity (Wildman–Crippen MR) is 540 cm³/mol. The van der Waals surface area contributed by atoms with Gasteiger partial charge in [0.05, 0.1) is 19.1 Å². The van der Waals surface area contributed by atoms with Gasteiger partial charge in [0.25, 0.3) is 0 Å². The highest BCUT2D eigenvalue weighted by Gasteiger charge is 2.41. The van der Waals surface area contributed by atoms with Crippen LogP contribution in [0.2, 0.25) is 0 Å². The summed E-state index contributed by atoms with van der Waals surface area (Å²) in [6.07, 6.45) is 1.75. The quantitative estimate of drug-likeness (QED) is 0.0143. The maximum atomic E-state index is 15.5. The van der Waals surface area contributed by atoms with Crippen LogP contribution in [-0.2, 0) is 99.1 Å². The summed E-state index contributed by atoms with van der Waals surface area (Å²) in [5, 5.41) is 82.8. The highest BCUT2D eigenvalue weighted by Crippen LogP contribution is 2.22. The summed E-state index contributed by atoms with van der Waals surface area (Å²) in [4.78, 5) is 258. The van der Waals surface area contributed by atoms with Crippen LogP contribution in [0.15, 0.2) is 60.8 Å². The van der Waals surface area contributed by atoms with Gasteiger partial charge in [-0.25, -0.2) is 0 Å². The molecule has 1 aromatic heterocycles. The average Bonchev–Trinajstić information content (AvgIpc) is 1.66. The van der Waals surface area contributed by atoms with Crippen LogP contribution in [0.5, 0.6) is 0 Å². The number of aliphatic carboxylic acids is 1. The lowest BCUT2D eigenvalue weighted by Crippen LogP contribution is -2.61. The van der Waals surface area contributed by atoms with Crippen molar-refractivity contribution < 1.29 is 96.5 Å². The summed E-state index contributed by atoms with van der Waals surface area (Å²) in [5.74, 6) is -19.3. The molecule has 1 heterocycles. The van der Waals surface area contributed by atoms with E-state index < -0.39 is 234 Å². The number of nitrogens with two attached hydrogens (primary N) is 8. The number of para-hydroxylation sites is 1. The molecule has 3 rings (SSSR count). The monoisotopic (exact) mass is 2030 g/mol. The van der Waals surface area contributed by atoms with Crippen molar-refractivity contribution in [3.05, 3.63) is 71.9 Å². The summed E-state index contributed by atoms with van der Waals surface area (Å²) in [5.41, 5.74) is 47.9. The Balaban J connectivity index is 2.01. The number of amides is 17. The second-order valence-electron chi connectivity index (χ2n) is 37.4. The minimum atomic E-state index is -1.78. The first-order valence-electron chi connectivity index (χ1n) is 49.4. The molecule has 0 saturated heterocycles. The van der Waals surface area contributed by atoms with Crippen molar-refractivity contribution in [2.75, 3.05) is 45.8 Å². The zero-order valence-corrected chi connectivity index (χ0v) is 84.8. The van der Waals surface area contributed by atoms with Crippen molar-refractivity contribution in [3.63, 3.8) is 0 Å². The third kappa shape index (κ3) is 46.9.